The molecule has 1 aromatic rings. The Bertz CT molecular complexity index is 480. The largest absolute Gasteiger partial charge is 0.493 e. The van der Waals surface area contributed by atoms with Gasteiger partial charge < -0.3 is 9.47 Å². The third kappa shape index (κ3) is 2.84. The van der Waals surface area contributed by atoms with Gasteiger partial charge in [0.05, 0.1) is 25.8 Å². The van der Waals surface area contributed by atoms with Crippen molar-refractivity contribution >= 4 is 17.7 Å². The van der Waals surface area contributed by atoms with Gasteiger partial charge in [-0.05, 0) is 17.5 Å². The molecule has 18 heavy (non-hydrogen) atoms. The Morgan fingerprint density at radius 1 is 1.39 bits per heavy atom. The Kier molecular flexibility index (Phi) is 5.20. The van der Waals surface area contributed by atoms with E-state index >= 15 is 0 Å². The molecule has 1 rings (SSSR count). The van der Waals surface area contributed by atoms with Crippen LogP contribution in [-0.4, -0.2) is 20.3 Å². The van der Waals surface area contributed by atoms with E-state index in [0.717, 1.165) is 5.56 Å². The number of ether oxygens (including phenoxy) is 2. The first-order valence-corrected chi connectivity index (χ1v) is 5.91. The van der Waals surface area contributed by atoms with E-state index in [-0.39, 0.29) is 12.5 Å². The average molecular weight is 270 g/mol. The van der Waals surface area contributed by atoms with Gasteiger partial charge in [0.15, 0.2) is 11.5 Å². The summed E-state index contributed by atoms with van der Waals surface area (Å²) in [6, 6.07) is 1.85. The molecule has 0 fully saturated rings. The van der Waals surface area contributed by atoms with E-state index in [1.807, 2.05) is 19.9 Å². The zero-order valence-electron chi connectivity index (χ0n) is 10.9. The standard InChI is InChI=1S/C13H16ClNO3/c1-8(2)9-5-11(17-3)13(18-4)10(12(9)14)6-15-7-16/h5,8H,6H2,1-4H3. The maximum absolute atomic E-state index is 10.3. The molecule has 0 radical (unpaired) electrons. The summed E-state index contributed by atoms with van der Waals surface area (Å²) in [6.45, 7) is 4.18. The van der Waals surface area contributed by atoms with E-state index in [0.29, 0.717) is 22.1 Å². The summed E-state index contributed by atoms with van der Waals surface area (Å²) in [5.41, 5.74) is 1.58. The molecule has 1 aromatic carbocycles. The second-order valence-corrected chi connectivity index (χ2v) is 4.43. The molecule has 0 aliphatic rings. The minimum atomic E-state index is 0.127. The third-order valence-corrected chi connectivity index (χ3v) is 3.10. The Balaban J connectivity index is 3.50. The van der Waals surface area contributed by atoms with Crippen molar-refractivity contribution in [2.24, 2.45) is 4.99 Å². The maximum atomic E-state index is 10.3. The van der Waals surface area contributed by atoms with Crippen LogP contribution < -0.4 is 9.47 Å². The molecule has 4 nitrogen and oxygen atoms in total. The molecule has 0 spiro atoms. The van der Waals surface area contributed by atoms with Gasteiger partial charge in [-0.15, -0.1) is 0 Å². The number of hydrogen-bond acceptors (Lipinski definition) is 4. The fourth-order valence-electron chi connectivity index (χ4n) is 1.74. The van der Waals surface area contributed by atoms with E-state index in [9.17, 15) is 4.79 Å². The smallest absolute Gasteiger partial charge is 0.235 e. The van der Waals surface area contributed by atoms with Crippen molar-refractivity contribution in [3.05, 3.63) is 22.2 Å². The zero-order valence-corrected chi connectivity index (χ0v) is 11.7. The first-order chi connectivity index (χ1) is 8.56. The van der Waals surface area contributed by atoms with Crippen LogP contribution in [0.5, 0.6) is 11.5 Å². The molecule has 0 amide bonds. The summed E-state index contributed by atoms with van der Waals surface area (Å²) in [5.74, 6) is 1.32. The molecule has 98 valence electrons. The third-order valence-electron chi connectivity index (χ3n) is 2.65. The number of carbonyl (C=O) groups excluding carboxylic acids is 1. The highest BCUT2D eigenvalue weighted by atomic mass is 35.5. The number of nitrogens with zero attached hydrogens (tertiary/aromatic N) is 1. The lowest BCUT2D eigenvalue weighted by Crippen LogP contribution is -2.01. The molecule has 0 heterocycles. The normalized spacial score (nSPS) is 10.1. The summed E-state index contributed by atoms with van der Waals surface area (Å²) in [6.07, 6.45) is 1.50. The van der Waals surface area contributed by atoms with Crippen molar-refractivity contribution < 1.29 is 14.3 Å². The van der Waals surface area contributed by atoms with Gasteiger partial charge in [0, 0.05) is 5.56 Å². The summed E-state index contributed by atoms with van der Waals surface area (Å²) < 4.78 is 10.6. The second kappa shape index (κ2) is 6.43. The van der Waals surface area contributed by atoms with Crippen LogP contribution in [0.4, 0.5) is 0 Å². The number of aliphatic imine (C=N–C) groups is 1. The Hall–Kier alpha value is -1.51. The molecule has 0 atom stereocenters. The molecule has 0 N–H and O–H groups in total. The highest BCUT2D eigenvalue weighted by Gasteiger charge is 2.19. The van der Waals surface area contributed by atoms with Gasteiger partial charge in [-0.25, -0.2) is 9.79 Å². The van der Waals surface area contributed by atoms with E-state index in [1.54, 1.807) is 7.11 Å². The van der Waals surface area contributed by atoms with Gasteiger partial charge in [-0.3, -0.25) is 0 Å². The summed E-state index contributed by atoms with van der Waals surface area (Å²) in [5, 5.41) is 0.557. The zero-order chi connectivity index (χ0) is 13.7. The molecular formula is C13H16ClNO3. The minimum absolute atomic E-state index is 0.127. The Labute approximate surface area is 112 Å². The molecular weight excluding hydrogens is 254 g/mol. The predicted octanol–water partition coefficient (Wildman–Crippen LogP) is 3.32. The van der Waals surface area contributed by atoms with Gasteiger partial charge in [0.25, 0.3) is 0 Å². The van der Waals surface area contributed by atoms with Crippen molar-refractivity contribution in [2.75, 3.05) is 14.2 Å². The van der Waals surface area contributed by atoms with Crippen LogP contribution in [0.1, 0.15) is 30.9 Å². The molecule has 0 saturated carbocycles. The topological polar surface area (TPSA) is 47.9 Å². The van der Waals surface area contributed by atoms with Gasteiger partial charge >= 0.3 is 0 Å². The number of isocyanates is 1. The van der Waals surface area contributed by atoms with E-state index in [1.165, 1.54) is 13.2 Å². The summed E-state index contributed by atoms with van der Waals surface area (Å²) in [7, 11) is 3.08. The quantitative estimate of drug-likeness (QED) is 0.609. The highest BCUT2D eigenvalue weighted by Crippen LogP contribution is 2.41. The lowest BCUT2D eigenvalue weighted by molar-refractivity contribution is 0.351. The number of rotatable bonds is 5. The van der Waals surface area contributed by atoms with Crippen LogP contribution in [0.25, 0.3) is 0 Å². The molecule has 0 bridgehead atoms. The Morgan fingerprint density at radius 3 is 2.50 bits per heavy atom. The monoisotopic (exact) mass is 269 g/mol. The van der Waals surface area contributed by atoms with Crippen molar-refractivity contribution in [1.29, 1.82) is 0 Å². The summed E-state index contributed by atoms with van der Waals surface area (Å²) in [4.78, 5) is 13.8. The van der Waals surface area contributed by atoms with Crippen molar-refractivity contribution in [3.63, 3.8) is 0 Å². The van der Waals surface area contributed by atoms with Crippen LogP contribution in [0.15, 0.2) is 11.1 Å². The number of benzene rings is 1. The van der Waals surface area contributed by atoms with Gasteiger partial charge in [-0.1, -0.05) is 25.4 Å². The molecule has 0 aliphatic heterocycles. The van der Waals surface area contributed by atoms with Crippen molar-refractivity contribution in [2.45, 2.75) is 26.3 Å². The van der Waals surface area contributed by atoms with Crippen LogP contribution in [-0.2, 0) is 11.3 Å². The number of halogens is 1. The second-order valence-electron chi connectivity index (χ2n) is 4.06. The molecule has 0 saturated heterocycles. The minimum Gasteiger partial charge on any atom is -0.493 e. The maximum Gasteiger partial charge on any atom is 0.235 e. The van der Waals surface area contributed by atoms with Crippen molar-refractivity contribution in [1.82, 2.24) is 0 Å². The Morgan fingerprint density at radius 2 is 2.06 bits per heavy atom. The van der Waals surface area contributed by atoms with Crippen molar-refractivity contribution in [3.8, 4) is 11.5 Å². The SMILES string of the molecule is COc1cc(C(C)C)c(Cl)c(CN=C=O)c1OC. The molecule has 5 heteroatoms. The van der Waals surface area contributed by atoms with E-state index < -0.39 is 0 Å². The van der Waals surface area contributed by atoms with Gasteiger partial charge in [-0.2, -0.15) is 0 Å². The van der Waals surface area contributed by atoms with Crippen LogP contribution in [0.2, 0.25) is 5.02 Å². The number of hydrogen-bond donors (Lipinski definition) is 0. The van der Waals surface area contributed by atoms with Crippen LogP contribution in [0, 0.1) is 0 Å². The predicted molar refractivity (Wildman–Crippen MR) is 70.5 cm³/mol. The van der Waals surface area contributed by atoms with E-state index in [4.69, 9.17) is 21.1 Å². The summed E-state index contributed by atoms with van der Waals surface area (Å²) >= 11 is 6.33. The average Bonchev–Trinajstić information content (AvgIpc) is 2.36. The first kappa shape index (κ1) is 14.6. The van der Waals surface area contributed by atoms with Gasteiger partial charge in [0.1, 0.15) is 0 Å². The molecule has 0 unspecified atom stereocenters. The first-order valence-electron chi connectivity index (χ1n) is 5.53. The number of methoxy groups -OCH3 is 2. The molecule has 0 aliphatic carbocycles. The molecule has 0 aromatic heterocycles. The fraction of sp³-hybridized carbons (Fsp3) is 0.462. The highest BCUT2D eigenvalue weighted by molar-refractivity contribution is 6.32. The van der Waals surface area contributed by atoms with Crippen LogP contribution in [0.3, 0.4) is 0 Å². The van der Waals surface area contributed by atoms with Gasteiger partial charge in [0.2, 0.25) is 6.08 Å². The van der Waals surface area contributed by atoms with Crippen LogP contribution >= 0.6 is 11.6 Å². The lowest BCUT2D eigenvalue weighted by atomic mass is 9.99. The van der Waals surface area contributed by atoms with E-state index in [2.05, 4.69) is 4.99 Å². The fourth-order valence-corrected chi connectivity index (χ4v) is 2.16. The lowest BCUT2D eigenvalue weighted by Gasteiger charge is -2.18.